The second-order valence-corrected chi connectivity index (χ2v) is 4.66. The largest absolute Gasteiger partial charge is 0.493 e. The summed E-state index contributed by atoms with van der Waals surface area (Å²) in [6.45, 7) is 0. The van der Waals surface area contributed by atoms with Crippen molar-refractivity contribution < 1.29 is 4.74 Å². The second kappa shape index (κ2) is 4.18. The summed E-state index contributed by atoms with van der Waals surface area (Å²) in [5.74, 6) is 1.56. The van der Waals surface area contributed by atoms with E-state index in [1.807, 2.05) is 24.4 Å². The molecule has 4 nitrogen and oxygen atoms in total. The van der Waals surface area contributed by atoms with Gasteiger partial charge in [-0.05, 0) is 23.6 Å². The molecule has 0 aliphatic carbocycles. The molecule has 0 saturated carbocycles. The van der Waals surface area contributed by atoms with Gasteiger partial charge in [-0.15, -0.1) is 11.3 Å². The minimum absolute atomic E-state index is 0.748. The van der Waals surface area contributed by atoms with Crippen LogP contribution in [0.15, 0.2) is 35.8 Å². The van der Waals surface area contributed by atoms with Crippen LogP contribution in [-0.2, 0) is 6.42 Å². The topological polar surface area (TPSA) is 39.4 Å². The fourth-order valence-electron chi connectivity index (χ4n) is 1.73. The lowest BCUT2D eigenvalue weighted by Gasteiger charge is -1.98. The molecule has 0 atom stereocenters. The minimum atomic E-state index is 0.748. The van der Waals surface area contributed by atoms with Gasteiger partial charge in [-0.3, -0.25) is 0 Å². The Labute approximate surface area is 102 Å². The maximum Gasteiger partial charge on any atom is 0.198 e. The number of hydrogen-bond acceptors (Lipinski definition) is 4. The van der Waals surface area contributed by atoms with Gasteiger partial charge in [0.1, 0.15) is 0 Å². The third-order valence-corrected chi connectivity index (χ3v) is 3.38. The van der Waals surface area contributed by atoms with Gasteiger partial charge in [-0.25, -0.2) is 9.50 Å². The fourth-order valence-corrected chi connectivity index (χ4v) is 2.43. The fraction of sp³-hybridized carbons (Fsp3) is 0.167. The van der Waals surface area contributed by atoms with E-state index in [-0.39, 0.29) is 0 Å². The van der Waals surface area contributed by atoms with Crippen LogP contribution >= 0.6 is 11.3 Å². The predicted octanol–water partition coefficient (Wildman–Crippen LogP) is 2.39. The Balaban J connectivity index is 2.02. The molecule has 0 spiro atoms. The Kier molecular flexibility index (Phi) is 2.53. The summed E-state index contributed by atoms with van der Waals surface area (Å²) < 4.78 is 7.01. The van der Waals surface area contributed by atoms with Crippen LogP contribution in [0, 0.1) is 0 Å². The van der Waals surface area contributed by atoms with Crippen LogP contribution in [0.25, 0.3) is 5.65 Å². The van der Waals surface area contributed by atoms with Crippen molar-refractivity contribution in [2.24, 2.45) is 0 Å². The van der Waals surface area contributed by atoms with E-state index < -0.39 is 0 Å². The van der Waals surface area contributed by atoms with Crippen molar-refractivity contribution in [3.63, 3.8) is 0 Å². The summed E-state index contributed by atoms with van der Waals surface area (Å²) in [6, 6.07) is 7.92. The molecule has 0 aliphatic rings. The van der Waals surface area contributed by atoms with E-state index in [0.717, 1.165) is 23.6 Å². The van der Waals surface area contributed by atoms with Gasteiger partial charge >= 0.3 is 0 Å². The lowest BCUT2D eigenvalue weighted by molar-refractivity contribution is 0.416. The third kappa shape index (κ3) is 1.89. The van der Waals surface area contributed by atoms with Gasteiger partial charge in [0.05, 0.1) is 7.11 Å². The van der Waals surface area contributed by atoms with Crippen molar-refractivity contribution in [2.45, 2.75) is 6.42 Å². The Hall–Kier alpha value is -1.88. The first kappa shape index (κ1) is 10.3. The summed E-state index contributed by atoms with van der Waals surface area (Å²) in [7, 11) is 1.64. The van der Waals surface area contributed by atoms with Gasteiger partial charge in [-0.2, -0.15) is 5.10 Å². The molecule has 0 aromatic carbocycles. The van der Waals surface area contributed by atoms with Gasteiger partial charge in [-0.1, -0.05) is 6.07 Å². The molecule has 3 aromatic heterocycles. The van der Waals surface area contributed by atoms with Crippen LogP contribution in [-0.4, -0.2) is 21.7 Å². The molecule has 3 heterocycles. The molecule has 0 saturated heterocycles. The van der Waals surface area contributed by atoms with Crippen molar-refractivity contribution in [1.82, 2.24) is 14.6 Å². The molecular formula is C12H11N3OS. The summed E-state index contributed by atoms with van der Waals surface area (Å²) in [4.78, 5) is 5.76. The summed E-state index contributed by atoms with van der Waals surface area (Å²) in [5, 5.41) is 6.49. The zero-order chi connectivity index (χ0) is 11.7. The average molecular weight is 245 g/mol. The van der Waals surface area contributed by atoms with Crippen molar-refractivity contribution in [1.29, 1.82) is 0 Å². The number of rotatable bonds is 3. The average Bonchev–Trinajstić information content (AvgIpc) is 2.97. The first-order chi connectivity index (χ1) is 8.36. The number of fused-ring (bicyclic) bond motifs is 1. The van der Waals surface area contributed by atoms with Gasteiger partial charge in [0.2, 0.25) is 0 Å². The molecular weight excluding hydrogens is 234 g/mol. The number of nitrogens with zero attached hydrogens (tertiary/aromatic N) is 3. The molecule has 0 aliphatic heterocycles. The highest BCUT2D eigenvalue weighted by Crippen LogP contribution is 2.18. The molecule has 0 radical (unpaired) electrons. The zero-order valence-corrected chi connectivity index (χ0v) is 10.1. The molecule has 5 heteroatoms. The minimum Gasteiger partial charge on any atom is -0.493 e. The van der Waals surface area contributed by atoms with E-state index >= 15 is 0 Å². The van der Waals surface area contributed by atoms with E-state index in [1.165, 1.54) is 4.88 Å². The van der Waals surface area contributed by atoms with Crippen LogP contribution < -0.4 is 4.74 Å². The quantitative estimate of drug-likeness (QED) is 0.711. The smallest absolute Gasteiger partial charge is 0.198 e. The predicted molar refractivity (Wildman–Crippen MR) is 66.7 cm³/mol. The van der Waals surface area contributed by atoms with E-state index in [2.05, 4.69) is 21.5 Å². The van der Waals surface area contributed by atoms with E-state index in [0.29, 0.717) is 0 Å². The Morgan fingerprint density at radius 1 is 1.35 bits per heavy atom. The highest BCUT2D eigenvalue weighted by atomic mass is 32.1. The summed E-state index contributed by atoms with van der Waals surface area (Å²) >= 11 is 1.72. The maximum atomic E-state index is 5.26. The number of hydrogen-bond donors (Lipinski definition) is 0. The molecule has 0 bridgehead atoms. The van der Waals surface area contributed by atoms with Crippen molar-refractivity contribution in [3.05, 3.63) is 46.5 Å². The zero-order valence-electron chi connectivity index (χ0n) is 9.33. The van der Waals surface area contributed by atoms with E-state index in [9.17, 15) is 0 Å². The molecule has 86 valence electrons. The molecule has 0 amide bonds. The number of aromatic nitrogens is 3. The standard InChI is InChI=1S/C12H11N3OS/c1-16-10-5-2-6-15-12(10)13-11(14-15)8-9-4-3-7-17-9/h2-7H,8H2,1H3. The number of pyridine rings is 1. The lowest BCUT2D eigenvalue weighted by atomic mass is 10.3. The van der Waals surface area contributed by atoms with E-state index in [1.54, 1.807) is 23.0 Å². The van der Waals surface area contributed by atoms with Gasteiger partial charge in [0, 0.05) is 17.5 Å². The summed E-state index contributed by atoms with van der Waals surface area (Å²) in [6.07, 6.45) is 2.64. The third-order valence-electron chi connectivity index (χ3n) is 2.50. The highest BCUT2D eigenvalue weighted by molar-refractivity contribution is 7.09. The Morgan fingerprint density at radius 2 is 2.29 bits per heavy atom. The van der Waals surface area contributed by atoms with Gasteiger partial charge < -0.3 is 4.74 Å². The van der Waals surface area contributed by atoms with Crippen LogP contribution in [0.3, 0.4) is 0 Å². The van der Waals surface area contributed by atoms with Crippen molar-refractivity contribution >= 4 is 17.0 Å². The highest BCUT2D eigenvalue weighted by Gasteiger charge is 2.08. The lowest BCUT2D eigenvalue weighted by Crippen LogP contribution is -1.91. The van der Waals surface area contributed by atoms with Crippen LogP contribution in [0.1, 0.15) is 10.7 Å². The van der Waals surface area contributed by atoms with Gasteiger partial charge in [0.25, 0.3) is 0 Å². The van der Waals surface area contributed by atoms with Crippen molar-refractivity contribution in [3.8, 4) is 5.75 Å². The first-order valence-corrected chi connectivity index (χ1v) is 6.15. The van der Waals surface area contributed by atoms with Crippen LogP contribution in [0.5, 0.6) is 5.75 Å². The normalized spacial score (nSPS) is 10.9. The monoisotopic (exact) mass is 245 g/mol. The molecule has 3 aromatic rings. The Morgan fingerprint density at radius 3 is 3.06 bits per heavy atom. The number of ether oxygens (including phenoxy) is 1. The molecule has 0 N–H and O–H groups in total. The first-order valence-electron chi connectivity index (χ1n) is 5.27. The maximum absolute atomic E-state index is 5.26. The van der Waals surface area contributed by atoms with Gasteiger partial charge in [0.15, 0.2) is 17.2 Å². The molecule has 3 rings (SSSR count). The van der Waals surface area contributed by atoms with Crippen molar-refractivity contribution in [2.75, 3.05) is 7.11 Å². The number of methoxy groups -OCH3 is 1. The number of thiophene rings is 1. The second-order valence-electron chi connectivity index (χ2n) is 3.63. The van der Waals surface area contributed by atoms with E-state index in [4.69, 9.17) is 4.74 Å². The molecule has 0 fully saturated rings. The Bertz CT molecular complexity index is 630. The van der Waals surface area contributed by atoms with Crippen LogP contribution in [0.4, 0.5) is 0 Å². The SMILES string of the molecule is COc1cccn2nc(Cc3cccs3)nc12. The molecule has 17 heavy (non-hydrogen) atoms. The van der Waals surface area contributed by atoms with Crippen LogP contribution in [0.2, 0.25) is 0 Å². The summed E-state index contributed by atoms with van der Waals surface area (Å²) in [5.41, 5.74) is 0.765. The molecule has 0 unspecified atom stereocenters.